The van der Waals surface area contributed by atoms with E-state index in [0.717, 1.165) is 0 Å². The smallest absolute Gasteiger partial charge is 0.290 e. The van der Waals surface area contributed by atoms with Crippen LogP contribution in [-0.4, -0.2) is 23.9 Å². The monoisotopic (exact) mass is 220 g/mol. The molecule has 0 N–H and O–H groups in total. The van der Waals surface area contributed by atoms with Crippen molar-refractivity contribution in [1.82, 2.24) is 4.90 Å². The Morgan fingerprint density at radius 3 is 2.75 bits per heavy atom. The summed E-state index contributed by atoms with van der Waals surface area (Å²) < 4.78 is 5.02. The molecule has 4 heteroatoms. The zero-order valence-electron chi connectivity index (χ0n) is 9.80. The molecule has 0 aliphatic rings. The van der Waals surface area contributed by atoms with Gasteiger partial charge >= 0.3 is 0 Å². The summed E-state index contributed by atoms with van der Waals surface area (Å²) in [7, 11) is 1.63. The second-order valence-electron chi connectivity index (χ2n) is 4.17. The number of rotatable bonds is 4. The van der Waals surface area contributed by atoms with E-state index >= 15 is 0 Å². The third kappa shape index (κ3) is 2.86. The fourth-order valence-corrected chi connectivity index (χ4v) is 1.46. The van der Waals surface area contributed by atoms with Gasteiger partial charge in [-0.2, -0.15) is 5.26 Å². The minimum Gasteiger partial charge on any atom is -0.459 e. The van der Waals surface area contributed by atoms with Gasteiger partial charge in [0.1, 0.15) is 6.04 Å². The van der Waals surface area contributed by atoms with Crippen LogP contribution in [0.1, 0.15) is 30.8 Å². The normalized spacial score (nSPS) is 12.2. The van der Waals surface area contributed by atoms with E-state index in [4.69, 9.17) is 9.68 Å². The summed E-state index contributed by atoms with van der Waals surface area (Å²) in [6.45, 7) is 4.05. The molecule has 4 nitrogen and oxygen atoms in total. The van der Waals surface area contributed by atoms with Crippen LogP contribution in [-0.2, 0) is 0 Å². The largest absolute Gasteiger partial charge is 0.459 e. The summed E-state index contributed by atoms with van der Waals surface area (Å²) in [5, 5.41) is 9.02. The van der Waals surface area contributed by atoms with Gasteiger partial charge in [0.15, 0.2) is 5.76 Å². The van der Waals surface area contributed by atoms with Crippen LogP contribution in [0.3, 0.4) is 0 Å². The minimum absolute atomic E-state index is 0.253. The lowest BCUT2D eigenvalue weighted by atomic mass is 10.0. The second-order valence-corrected chi connectivity index (χ2v) is 4.17. The van der Waals surface area contributed by atoms with Crippen molar-refractivity contribution in [3.8, 4) is 6.07 Å². The van der Waals surface area contributed by atoms with Crippen LogP contribution in [0.4, 0.5) is 0 Å². The van der Waals surface area contributed by atoms with Crippen LogP contribution in [0.5, 0.6) is 0 Å². The molecule has 1 atom stereocenters. The van der Waals surface area contributed by atoms with Gasteiger partial charge in [0.05, 0.1) is 12.3 Å². The van der Waals surface area contributed by atoms with Crippen molar-refractivity contribution in [3.05, 3.63) is 24.2 Å². The zero-order valence-corrected chi connectivity index (χ0v) is 9.80. The van der Waals surface area contributed by atoms with E-state index in [9.17, 15) is 4.79 Å². The molecule has 1 aromatic heterocycles. The van der Waals surface area contributed by atoms with Crippen molar-refractivity contribution in [2.75, 3.05) is 7.05 Å². The predicted molar refractivity (Wildman–Crippen MR) is 59.7 cm³/mol. The first-order valence-electron chi connectivity index (χ1n) is 5.26. The molecule has 1 unspecified atom stereocenters. The third-order valence-electron chi connectivity index (χ3n) is 2.36. The highest BCUT2D eigenvalue weighted by Gasteiger charge is 2.23. The van der Waals surface area contributed by atoms with Crippen molar-refractivity contribution >= 4 is 5.91 Å². The summed E-state index contributed by atoms with van der Waals surface area (Å²) in [4.78, 5) is 13.3. The third-order valence-corrected chi connectivity index (χ3v) is 2.36. The van der Waals surface area contributed by atoms with E-state index in [1.165, 1.54) is 11.2 Å². The van der Waals surface area contributed by atoms with Crippen LogP contribution in [0.25, 0.3) is 0 Å². The summed E-state index contributed by atoms with van der Waals surface area (Å²) in [5.74, 6) is 0.389. The number of nitriles is 1. The molecular formula is C12H16N2O2. The van der Waals surface area contributed by atoms with Crippen LogP contribution in [0.15, 0.2) is 22.8 Å². The maximum atomic E-state index is 11.9. The fraction of sp³-hybridized carbons (Fsp3) is 0.500. The summed E-state index contributed by atoms with van der Waals surface area (Å²) in [6.07, 6.45) is 2.12. The highest BCUT2D eigenvalue weighted by Crippen LogP contribution is 2.13. The van der Waals surface area contributed by atoms with Crippen LogP contribution in [0.2, 0.25) is 0 Å². The molecule has 16 heavy (non-hydrogen) atoms. The summed E-state index contributed by atoms with van der Waals surface area (Å²) in [6, 6.07) is 4.99. The first-order valence-corrected chi connectivity index (χ1v) is 5.26. The molecule has 1 rings (SSSR count). The van der Waals surface area contributed by atoms with E-state index in [1.54, 1.807) is 19.2 Å². The molecule has 1 amide bonds. The minimum atomic E-state index is -0.405. The van der Waals surface area contributed by atoms with Gasteiger partial charge in [0.25, 0.3) is 5.91 Å². The Hall–Kier alpha value is -1.76. The first-order chi connectivity index (χ1) is 7.56. The highest BCUT2D eigenvalue weighted by molar-refractivity contribution is 5.91. The fourth-order valence-electron chi connectivity index (χ4n) is 1.46. The number of carbonyl (C=O) groups excluding carboxylic acids is 1. The molecule has 0 fully saturated rings. The average molecular weight is 220 g/mol. The van der Waals surface area contributed by atoms with Crippen molar-refractivity contribution in [3.63, 3.8) is 0 Å². The molecule has 0 spiro atoms. The first kappa shape index (κ1) is 12.3. The van der Waals surface area contributed by atoms with Crippen molar-refractivity contribution in [1.29, 1.82) is 5.26 Å². The maximum Gasteiger partial charge on any atom is 0.290 e. The molecular weight excluding hydrogens is 204 g/mol. The van der Waals surface area contributed by atoms with Crippen LogP contribution >= 0.6 is 0 Å². The molecule has 1 heterocycles. The molecule has 0 aromatic carbocycles. The lowest BCUT2D eigenvalue weighted by Crippen LogP contribution is -2.36. The topological polar surface area (TPSA) is 57.2 Å². The molecule has 0 saturated heterocycles. The number of furan rings is 1. The van der Waals surface area contributed by atoms with E-state index in [1.807, 2.05) is 13.8 Å². The zero-order chi connectivity index (χ0) is 12.1. The van der Waals surface area contributed by atoms with E-state index < -0.39 is 6.04 Å². The Kier molecular flexibility index (Phi) is 4.12. The van der Waals surface area contributed by atoms with Crippen LogP contribution < -0.4 is 0 Å². The summed E-state index contributed by atoms with van der Waals surface area (Å²) >= 11 is 0. The van der Waals surface area contributed by atoms with Gasteiger partial charge in [0, 0.05) is 7.05 Å². The molecule has 0 bridgehead atoms. The molecule has 0 aliphatic heterocycles. The Bertz CT molecular complexity index is 376. The predicted octanol–water partition coefficient (Wildman–Crippen LogP) is 2.29. The van der Waals surface area contributed by atoms with Crippen LogP contribution in [0, 0.1) is 17.2 Å². The average Bonchev–Trinajstić information content (AvgIpc) is 2.76. The molecule has 0 aliphatic carbocycles. The SMILES string of the molecule is CC(C)CC(C#N)N(C)C(=O)c1ccco1. The molecule has 1 aromatic rings. The van der Waals surface area contributed by atoms with Gasteiger partial charge in [-0.25, -0.2) is 0 Å². The Morgan fingerprint density at radius 2 is 2.31 bits per heavy atom. The van der Waals surface area contributed by atoms with Crippen molar-refractivity contribution in [2.24, 2.45) is 5.92 Å². The number of nitrogens with zero attached hydrogens (tertiary/aromatic N) is 2. The maximum absolute atomic E-state index is 11.9. The van der Waals surface area contributed by atoms with E-state index in [-0.39, 0.29) is 11.7 Å². The second kappa shape index (κ2) is 5.36. The molecule has 86 valence electrons. The standard InChI is InChI=1S/C12H16N2O2/c1-9(2)7-10(8-13)14(3)12(15)11-5-4-6-16-11/h4-6,9-10H,7H2,1-3H3. The lowest BCUT2D eigenvalue weighted by molar-refractivity contribution is 0.0720. The number of carbonyl (C=O) groups is 1. The van der Waals surface area contributed by atoms with E-state index in [2.05, 4.69) is 6.07 Å². The number of hydrogen-bond acceptors (Lipinski definition) is 3. The highest BCUT2D eigenvalue weighted by atomic mass is 16.3. The Morgan fingerprint density at radius 1 is 1.62 bits per heavy atom. The van der Waals surface area contributed by atoms with Crippen molar-refractivity contribution in [2.45, 2.75) is 26.3 Å². The van der Waals surface area contributed by atoms with Gasteiger partial charge in [-0.05, 0) is 24.5 Å². The van der Waals surface area contributed by atoms with Gasteiger partial charge in [0.2, 0.25) is 0 Å². The quantitative estimate of drug-likeness (QED) is 0.782. The summed E-state index contributed by atoms with van der Waals surface area (Å²) in [5.41, 5.74) is 0. The van der Waals surface area contributed by atoms with Crippen molar-refractivity contribution < 1.29 is 9.21 Å². The van der Waals surface area contributed by atoms with Gasteiger partial charge in [-0.1, -0.05) is 13.8 Å². The Balaban J connectivity index is 2.73. The lowest BCUT2D eigenvalue weighted by Gasteiger charge is -2.22. The molecule has 0 saturated carbocycles. The number of amides is 1. The van der Waals surface area contributed by atoms with Gasteiger partial charge < -0.3 is 9.32 Å². The van der Waals surface area contributed by atoms with E-state index in [0.29, 0.717) is 12.3 Å². The molecule has 0 radical (unpaired) electrons. The number of hydrogen-bond donors (Lipinski definition) is 0. The Labute approximate surface area is 95.5 Å². The van der Waals surface area contributed by atoms with Gasteiger partial charge in [-0.15, -0.1) is 0 Å². The van der Waals surface area contributed by atoms with Gasteiger partial charge in [-0.3, -0.25) is 4.79 Å².